The van der Waals surface area contributed by atoms with Crippen LogP contribution >= 0.6 is 0 Å². The molecule has 0 aliphatic rings. The number of para-hydroxylation sites is 1. The number of aliphatic hydroxyl groups excluding tert-OH is 1. The van der Waals surface area contributed by atoms with Gasteiger partial charge in [0.2, 0.25) is 5.91 Å². The molecule has 5 nitrogen and oxygen atoms in total. The second-order valence-electron chi connectivity index (χ2n) is 5.61. The first-order chi connectivity index (χ1) is 11.1. The molecule has 1 aromatic heterocycles. The lowest BCUT2D eigenvalue weighted by Gasteiger charge is -2.15. The number of rotatable bonds is 8. The van der Waals surface area contributed by atoms with Crippen LogP contribution in [0.15, 0.2) is 47.1 Å². The maximum atomic E-state index is 12.0. The van der Waals surface area contributed by atoms with E-state index in [4.69, 9.17) is 9.15 Å². The number of amides is 1. The lowest BCUT2D eigenvalue weighted by Crippen LogP contribution is -2.31. The molecule has 0 bridgehead atoms. The standard InChI is InChI=1S/C18H23NO4/c1-13(2)14-6-3-4-7-16(14)23-11-9-18(21)19-15(12-20)17-8-5-10-22-17/h3-8,10,13,15,20H,9,11-12H2,1-2H3,(H,19,21). The van der Waals surface area contributed by atoms with E-state index in [9.17, 15) is 9.90 Å². The van der Waals surface area contributed by atoms with Crippen molar-refractivity contribution in [2.45, 2.75) is 32.2 Å². The molecule has 1 heterocycles. The van der Waals surface area contributed by atoms with Gasteiger partial charge in [-0.15, -0.1) is 0 Å². The van der Waals surface area contributed by atoms with E-state index in [0.717, 1.165) is 11.3 Å². The second kappa shape index (κ2) is 8.39. The summed E-state index contributed by atoms with van der Waals surface area (Å²) in [5.41, 5.74) is 1.12. The predicted molar refractivity (Wildman–Crippen MR) is 87.3 cm³/mol. The van der Waals surface area contributed by atoms with E-state index in [2.05, 4.69) is 19.2 Å². The molecule has 1 unspecified atom stereocenters. The van der Waals surface area contributed by atoms with E-state index >= 15 is 0 Å². The number of carbonyl (C=O) groups excluding carboxylic acids is 1. The van der Waals surface area contributed by atoms with Crippen molar-refractivity contribution in [3.05, 3.63) is 54.0 Å². The van der Waals surface area contributed by atoms with Crippen LogP contribution < -0.4 is 10.1 Å². The van der Waals surface area contributed by atoms with Crippen LogP contribution in [0.3, 0.4) is 0 Å². The third-order valence-electron chi connectivity index (χ3n) is 3.53. The van der Waals surface area contributed by atoms with Crippen molar-refractivity contribution in [2.24, 2.45) is 0 Å². The number of hydrogen-bond acceptors (Lipinski definition) is 4. The van der Waals surface area contributed by atoms with Gasteiger partial charge in [0.15, 0.2) is 0 Å². The Kier molecular flexibility index (Phi) is 6.23. The van der Waals surface area contributed by atoms with Gasteiger partial charge in [-0.05, 0) is 29.7 Å². The highest BCUT2D eigenvalue weighted by Gasteiger charge is 2.16. The Morgan fingerprint density at radius 1 is 1.26 bits per heavy atom. The van der Waals surface area contributed by atoms with Crippen molar-refractivity contribution in [1.82, 2.24) is 5.32 Å². The summed E-state index contributed by atoms with van der Waals surface area (Å²) in [5, 5.41) is 12.1. The molecule has 2 aromatic rings. The second-order valence-corrected chi connectivity index (χ2v) is 5.61. The highest BCUT2D eigenvalue weighted by Crippen LogP contribution is 2.25. The summed E-state index contributed by atoms with van der Waals surface area (Å²) in [6.07, 6.45) is 1.72. The Labute approximate surface area is 136 Å². The van der Waals surface area contributed by atoms with E-state index in [-0.39, 0.29) is 25.5 Å². The zero-order valence-corrected chi connectivity index (χ0v) is 13.5. The van der Waals surface area contributed by atoms with E-state index < -0.39 is 6.04 Å². The quantitative estimate of drug-likeness (QED) is 0.785. The third-order valence-corrected chi connectivity index (χ3v) is 3.53. The number of ether oxygens (including phenoxy) is 1. The zero-order chi connectivity index (χ0) is 16.7. The topological polar surface area (TPSA) is 71.7 Å². The number of carbonyl (C=O) groups is 1. The lowest BCUT2D eigenvalue weighted by molar-refractivity contribution is -0.122. The van der Waals surface area contributed by atoms with Crippen molar-refractivity contribution in [3.8, 4) is 5.75 Å². The number of hydrogen-bond donors (Lipinski definition) is 2. The SMILES string of the molecule is CC(C)c1ccccc1OCCC(=O)NC(CO)c1ccco1. The lowest BCUT2D eigenvalue weighted by atomic mass is 10.0. The van der Waals surface area contributed by atoms with Gasteiger partial charge in [0.05, 0.1) is 25.9 Å². The fourth-order valence-corrected chi connectivity index (χ4v) is 2.31. The Balaban J connectivity index is 1.83. The monoisotopic (exact) mass is 317 g/mol. The normalized spacial score (nSPS) is 12.2. The third kappa shape index (κ3) is 4.86. The fourth-order valence-electron chi connectivity index (χ4n) is 2.31. The first-order valence-electron chi connectivity index (χ1n) is 7.77. The van der Waals surface area contributed by atoms with Crippen LogP contribution in [-0.4, -0.2) is 24.2 Å². The molecule has 0 aliphatic heterocycles. The van der Waals surface area contributed by atoms with Crippen molar-refractivity contribution < 1.29 is 19.1 Å². The summed E-state index contributed by atoms with van der Waals surface area (Å²) < 4.78 is 10.9. The van der Waals surface area contributed by atoms with Gasteiger partial charge in [0.25, 0.3) is 0 Å². The number of aliphatic hydroxyl groups is 1. The first-order valence-corrected chi connectivity index (χ1v) is 7.77. The summed E-state index contributed by atoms with van der Waals surface area (Å²) in [6.45, 7) is 4.27. The van der Waals surface area contributed by atoms with Crippen LogP contribution in [0.25, 0.3) is 0 Å². The Bertz CT molecular complexity index is 607. The number of nitrogens with one attached hydrogen (secondary N) is 1. The maximum absolute atomic E-state index is 12.0. The molecule has 2 rings (SSSR count). The molecule has 2 N–H and O–H groups in total. The number of furan rings is 1. The van der Waals surface area contributed by atoms with Crippen molar-refractivity contribution >= 4 is 5.91 Å². The van der Waals surface area contributed by atoms with E-state index in [0.29, 0.717) is 11.7 Å². The van der Waals surface area contributed by atoms with Crippen molar-refractivity contribution in [2.75, 3.05) is 13.2 Å². The molecule has 0 radical (unpaired) electrons. The molecule has 0 fully saturated rings. The van der Waals surface area contributed by atoms with Gasteiger partial charge in [-0.1, -0.05) is 32.0 Å². The largest absolute Gasteiger partial charge is 0.493 e. The smallest absolute Gasteiger partial charge is 0.224 e. The minimum absolute atomic E-state index is 0.192. The zero-order valence-electron chi connectivity index (χ0n) is 13.5. The van der Waals surface area contributed by atoms with Crippen molar-refractivity contribution in [1.29, 1.82) is 0 Å². The van der Waals surface area contributed by atoms with Crippen LogP contribution in [0.1, 0.15) is 43.6 Å². The summed E-state index contributed by atoms with van der Waals surface area (Å²) >= 11 is 0. The maximum Gasteiger partial charge on any atom is 0.224 e. The van der Waals surface area contributed by atoms with Crippen LogP contribution in [-0.2, 0) is 4.79 Å². The molecule has 1 amide bonds. The molecule has 1 atom stereocenters. The van der Waals surface area contributed by atoms with E-state index in [1.165, 1.54) is 6.26 Å². The molecule has 0 saturated heterocycles. The molecule has 0 spiro atoms. The molecular weight excluding hydrogens is 294 g/mol. The summed E-state index contributed by atoms with van der Waals surface area (Å²) in [6, 6.07) is 10.7. The van der Waals surface area contributed by atoms with Gasteiger partial charge >= 0.3 is 0 Å². The van der Waals surface area contributed by atoms with E-state index in [1.807, 2.05) is 24.3 Å². The highest BCUT2D eigenvalue weighted by atomic mass is 16.5. The van der Waals surface area contributed by atoms with Gasteiger partial charge in [0.1, 0.15) is 17.6 Å². The highest BCUT2D eigenvalue weighted by molar-refractivity contribution is 5.76. The van der Waals surface area contributed by atoms with Crippen molar-refractivity contribution in [3.63, 3.8) is 0 Å². The molecule has 23 heavy (non-hydrogen) atoms. The fraction of sp³-hybridized carbons (Fsp3) is 0.389. The Morgan fingerprint density at radius 2 is 2.04 bits per heavy atom. The van der Waals surface area contributed by atoms with Gasteiger partial charge in [-0.2, -0.15) is 0 Å². The minimum Gasteiger partial charge on any atom is -0.493 e. The summed E-state index contributed by atoms with van der Waals surface area (Å²) in [5.74, 6) is 1.51. The van der Waals surface area contributed by atoms with Gasteiger partial charge in [-0.25, -0.2) is 0 Å². The van der Waals surface area contributed by atoms with Crippen LogP contribution in [0.5, 0.6) is 5.75 Å². The van der Waals surface area contributed by atoms with E-state index in [1.54, 1.807) is 12.1 Å². The van der Waals surface area contributed by atoms with Crippen LogP contribution in [0.2, 0.25) is 0 Å². The molecule has 0 aliphatic carbocycles. The molecular formula is C18H23NO4. The molecule has 124 valence electrons. The van der Waals surface area contributed by atoms with Gasteiger partial charge in [-0.3, -0.25) is 4.79 Å². The predicted octanol–water partition coefficient (Wildman–Crippen LogP) is 3.02. The average molecular weight is 317 g/mol. The van der Waals surface area contributed by atoms with Gasteiger partial charge < -0.3 is 19.6 Å². The number of benzene rings is 1. The Morgan fingerprint density at radius 3 is 2.70 bits per heavy atom. The minimum atomic E-state index is -0.527. The Hall–Kier alpha value is -2.27. The molecule has 5 heteroatoms. The summed E-state index contributed by atoms with van der Waals surface area (Å²) in [4.78, 5) is 12.0. The molecule has 0 saturated carbocycles. The van der Waals surface area contributed by atoms with Gasteiger partial charge in [0, 0.05) is 0 Å². The van der Waals surface area contributed by atoms with Crippen LogP contribution in [0.4, 0.5) is 0 Å². The summed E-state index contributed by atoms with van der Waals surface area (Å²) in [7, 11) is 0. The first kappa shape index (κ1) is 17.1. The molecule has 1 aromatic carbocycles. The average Bonchev–Trinajstić information content (AvgIpc) is 3.07. The van der Waals surface area contributed by atoms with Crippen LogP contribution in [0, 0.1) is 0 Å².